The maximum absolute atomic E-state index is 2.69. The molecule has 1 nitrogen and oxygen atoms in total. The molecule has 0 aliphatic carbocycles. The van der Waals surface area contributed by atoms with Crippen LogP contribution >= 0.6 is 0 Å². The molecular weight excluding hydrogens is 314 g/mol. The van der Waals surface area contributed by atoms with Crippen LogP contribution in [0.1, 0.15) is 84.8 Å². The molecule has 0 radical (unpaired) electrons. The topological polar surface area (TPSA) is 3.24 Å². The van der Waals surface area contributed by atoms with Gasteiger partial charge in [-0.1, -0.05) is 72.2 Å². The Bertz CT molecular complexity index is 512. The molecule has 148 valence electrons. The van der Waals surface area contributed by atoms with Crippen molar-refractivity contribution in [2.75, 3.05) is 19.6 Å². The molecule has 0 saturated carbocycles. The van der Waals surface area contributed by atoms with Gasteiger partial charge in [-0.2, -0.15) is 0 Å². The Hall–Kier alpha value is -0.820. The normalized spacial score (nSPS) is 17.6. The number of hydrogen-bond donors (Lipinski definition) is 0. The van der Waals surface area contributed by atoms with Crippen molar-refractivity contribution in [3.8, 4) is 0 Å². The van der Waals surface area contributed by atoms with Crippen molar-refractivity contribution in [2.45, 2.75) is 86.5 Å². The van der Waals surface area contributed by atoms with E-state index in [-0.39, 0.29) is 0 Å². The second kappa shape index (κ2) is 9.40. The van der Waals surface area contributed by atoms with Gasteiger partial charge in [-0.15, -0.1) is 0 Å². The van der Waals surface area contributed by atoms with E-state index in [0.29, 0.717) is 10.8 Å². The van der Waals surface area contributed by atoms with Crippen molar-refractivity contribution >= 4 is 0 Å². The lowest BCUT2D eigenvalue weighted by Gasteiger charge is -2.32. The molecule has 1 heterocycles. The molecule has 1 saturated heterocycles. The van der Waals surface area contributed by atoms with Gasteiger partial charge in [-0.3, -0.25) is 0 Å². The number of hydrogen-bond acceptors (Lipinski definition) is 1. The molecule has 1 aromatic rings. The van der Waals surface area contributed by atoms with Gasteiger partial charge in [0.15, 0.2) is 0 Å². The summed E-state index contributed by atoms with van der Waals surface area (Å²) in [6, 6.07) is 9.51. The zero-order valence-electron chi connectivity index (χ0n) is 18.4. The first-order chi connectivity index (χ1) is 12.2. The van der Waals surface area contributed by atoms with Crippen molar-refractivity contribution < 1.29 is 0 Å². The summed E-state index contributed by atoms with van der Waals surface area (Å²) in [6.07, 6.45) is 9.14. The SMILES string of the molecule is CCC(C)(C)Cc1ccc(CC2CCN(CCCC(C)(C)C)CC2)cc1. The minimum absolute atomic E-state index is 0.418. The lowest BCUT2D eigenvalue weighted by atomic mass is 9.83. The summed E-state index contributed by atoms with van der Waals surface area (Å²) in [5.74, 6) is 0.881. The highest BCUT2D eigenvalue weighted by Gasteiger charge is 2.20. The second-order valence-electron chi connectivity index (χ2n) is 10.7. The first kappa shape index (κ1) is 21.5. The first-order valence-corrected chi connectivity index (χ1v) is 11.0. The van der Waals surface area contributed by atoms with Crippen LogP contribution in [0.25, 0.3) is 0 Å². The van der Waals surface area contributed by atoms with E-state index in [1.807, 2.05) is 0 Å². The van der Waals surface area contributed by atoms with Gasteiger partial charge in [0, 0.05) is 0 Å². The summed E-state index contributed by atoms with van der Waals surface area (Å²) >= 11 is 0. The van der Waals surface area contributed by atoms with Crippen molar-refractivity contribution in [2.24, 2.45) is 16.7 Å². The highest BCUT2D eigenvalue weighted by molar-refractivity contribution is 5.24. The molecule has 0 spiro atoms. The fourth-order valence-corrected chi connectivity index (χ4v) is 4.05. The number of likely N-dealkylation sites (tertiary alicyclic amines) is 1. The maximum Gasteiger partial charge on any atom is -0.00160 e. The van der Waals surface area contributed by atoms with Crippen molar-refractivity contribution in [3.63, 3.8) is 0 Å². The van der Waals surface area contributed by atoms with Crippen LogP contribution in [0.3, 0.4) is 0 Å². The largest absolute Gasteiger partial charge is 0.303 e. The van der Waals surface area contributed by atoms with Crippen LogP contribution in [0.4, 0.5) is 0 Å². The van der Waals surface area contributed by atoms with Gasteiger partial charge < -0.3 is 4.90 Å². The predicted molar refractivity (Wildman–Crippen MR) is 116 cm³/mol. The summed E-state index contributed by atoms with van der Waals surface area (Å²) in [5.41, 5.74) is 3.93. The molecule has 0 amide bonds. The Morgan fingerprint density at radius 3 is 2.04 bits per heavy atom. The molecule has 1 fully saturated rings. The third kappa shape index (κ3) is 7.82. The van der Waals surface area contributed by atoms with E-state index >= 15 is 0 Å². The van der Waals surface area contributed by atoms with Crippen molar-refractivity contribution in [1.29, 1.82) is 0 Å². The molecule has 26 heavy (non-hydrogen) atoms. The maximum atomic E-state index is 2.69. The van der Waals surface area contributed by atoms with Crippen LogP contribution in [-0.2, 0) is 12.8 Å². The Labute approximate surface area is 163 Å². The zero-order chi connectivity index (χ0) is 19.2. The molecule has 0 N–H and O–H groups in total. The molecular formula is C25H43N. The summed E-state index contributed by atoms with van der Waals surface area (Å²) in [6.45, 7) is 18.0. The molecule has 0 atom stereocenters. The molecule has 0 unspecified atom stereocenters. The first-order valence-electron chi connectivity index (χ1n) is 11.0. The van der Waals surface area contributed by atoms with E-state index in [4.69, 9.17) is 0 Å². The second-order valence-corrected chi connectivity index (χ2v) is 10.7. The smallest absolute Gasteiger partial charge is 0.00160 e. The van der Waals surface area contributed by atoms with Gasteiger partial charge in [-0.05, 0) is 86.0 Å². The minimum Gasteiger partial charge on any atom is -0.303 e. The summed E-state index contributed by atoms with van der Waals surface area (Å²) in [5, 5.41) is 0. The van der Waals surface area contributed by atoms with E-state index in [1.54, 1.807) is 0 Å². The molecule has 0 bridgehead atoms. The number of rotatable bonds is 8. The van der Waals surface area contributed by atoms with Gasteiger partial charge in [0.05, 0.1) is 0 Å². The number of piperidine rings is 1. The lowest BCUT2D eigenvalue weighted by Crippen LogP contribution is -2.35. The van der Waals surface area contributed by atoms with Gasteiger partial charge in [0.1, 0.15) is 0 Å². The summed E-state index contributed by atoms with van der Waals surface area (Å²) < 4.78 is 0. The zero-order valence-corrected chi connectivity index (χ0v) is 18.4. The molecule has 1 aliphatic rings. The van der Waals surface area contributed by atoms with Crippen LogP contribution in [0.15, 0.2) is 24.3 Å². The quantitative estimate of drug-likeness (QED) is 0.497. The average molecular weight is 358 g/mol. The summed E-state index contributed by atoms with van der Waals surface area (Å²) in [4.78, 5) is 2.69. The Morgan fingerprint density at radius 2 is 1.50 bits per heavy atom. The fraction of sp³-hybridized carbons (Fsp3) is 0.760. The van der Waals surface area contributed by atoms with Crippen LogP contribution in [0.5, 0.6) is 0 Å². The van der Waals surface area contributed by atoms with Crippen molar-refractivity contribution in [3.05, 3.63) is 35.4 Å². The van der Waals surface area contributed by atoms with E-state index in [2.05, 4.69) is 70.7 Å². The van der Waals surface area contributed by atoms with Gasteiger partial charge in [-0.25, -0.2) is 0 Å². The minimum atomic E-state index is 0.418. The Kier molecular flexibility index (Phi) is 7.76. The summed E-state index contributed by atoms with van der Waals surface area (Å²) in [7, 11) is 0. The van der Waals surface area contributed by atoms with Gasteiger partial charge in [0.2, 0.25) is 0 Å². The van der Waals surface area contributed by atoms with Gasteiger partial charge in [0.25, 0.3) is 0 Å². The van der Waals surface area contributed by atoms with E-state index in [9.17, 15) is 0 Å². The molecule has 1 aliphatic heterocycles. The van der Waals surface area contributed by atoms with Crippen LogP contribution in [0, 0.1) is 16.7 Å². The molecule has 1 aromatic carbocycles. The molecule has 2 rings (SSSR count). The van der Waals surface area contributed by atoms with Crippen LogP contribution < -0.4 is 0 Å². The van der Waals surface area contributed by atoms with E-state index in [1.165, 1.54) is 75.7 Å². The number of benzene rings is 1. The van der Waals surface area contributed by atoms with Crippen molar-refractivity contribution in [1.82, 2.24) is 4.90 Å². The van der Waals surface area contributed by atoms with E-state index in [0.717, 1.165) is 5.92 Å². The third-order valence-electron chi connectivity index (χ3n) is 6.30. The standard InChI is InChI=1S/C25H43N/c1-7-25(5,6)20-23-11-9-21(10-12-23)19-22-13-17-26(18-14-22)16-8-15-24(2,3)4/h9-12,22H,7-8,13-20H2,1-6H3. The Balaban J connectivity index is 1.72. The van der Waals surface area contributed by atoms with Gasteiger partial charge >= 0.3 is 0 Å². The fourth-order valence-electron chi connectivity index (χ4n) is 4.05. The highest BCUT2D eigenvalue weighted by Crippen LogP contribution is 2.27. The molecule has 0 aromatic heterocycles. The Morgan fingerprint density at radius 1 is 0.923 bits per heavy atom. The van der Waals surface area contributed by atoms with Crippen LogP contribution in [0.2, 0.25) is 0 Å². The molecule has 1 heteroatoms. The third-order valence-corrected chi connectivity index (χ3v) is 6.30. The average Bonchev–Trinajstić information content (AvgIpc) is 2.57. The van der Waals surface area contributed by atoms with E-state index < -0.39 is 0 Å². The monoisotopic (exact) mass is 357 g/mol. The lowest BCUT2D eigenvalue weighted by molar-refractivity contribution is 0.174. The highest BCUT2D eigenvalue weighted by atomic mass is 15.1. The predicted octanol–water partition coefficient (Wildman–Crippen LogP) is 6.75. The number of nitrogens with zero attached hydrogens (tertiary/aromatic N) is 1. The van der Waals surface area contributed by atoms with Crippen LogP contribution in [-0.4, -0.2) is 24.5 Å².